The Hall–Kier alpha value is -1.22. The fourth-order valence-corrected chi connectivity index (χ4v) is 3.43. The predicted molar refractivity (Wildman–Crippen MR) is 88.7 cm³/mol. The van der Waals surface area contributed by atoms with Crippen molar-refractivity contribution in [1.29, 1.82) is 0 Å². The van der Waals surface area contributed by atoms with Crippen LogP contribution in [-0.4, -0.2) is 20.2 Å². The van der Waals surface area contributed by atoms with Gasteiger partial charge in [-0.3, -0.25) is 4.79 Å². The molecule has 0 radical (unpaired) electrons. The van der Waals surface area contributed by atoms with Crippen molar-refractivity contribution in [1.82, 2.24) is 0 Å². The van der Waals surface area contributed by atoms with Crippen LogP contribution in [0.4, 0.5) is 0 Å². The van der Waals surface area contributed by atoms with Crippen LogP contribution in [0.25, 0.3) is 0 Å². The lowest BCUT2D eigenvalue weighted by molar-refractivity contribution is -0.142. The third-order valence-electron chi connectivity index (χ3n) is 4.55. The van der Waals surface area contributed by atoms with Gasteiger partial charge in [-0.25, -0.2) is 0 Å². The zero-order valence-corrected chi connectivity index (χ0v) is 14.7. The van der Waals surface area contributed by atoms with Crippen molar-refractivity contribution < 1.29 is 14.3 Å². The summed E-state index contributed by atoms with van der Waals surface area (Å²) in [6.07, 6.45) is 1.88. The van der Waals surface area contributed by atoms with Crippen molar-refractivity contribution in [3.05, 3.63) is 28.3 Å². The van der Waals surface area contributed by atoms with Crippen molar-refractivity contribution in [3.8, 4) is 5.75 Å². The first-order valence-corrected chi connectivity index (χ1v) is 8.21. The van der Waals surface area contributed by atoms with E-state index in [0.717, 1.165) is 34.7 Å². The minimum absolute atomic E-state index is 0.0715. The van der Waals surface area contributed by atoms with Crippen molar-refractivity contribution in [2.75, 3.05) is 14.2 Å². The molecule has 0 heterocycles. The van der Waals surface area contributed by atoms with Gasteiger partial charge in [-0.1, -0.05) is 32.4 Å². The molecule has 0 N–H and O–H groups in total. The molecular weight excluding hydrogens is 300 g/mol. The summed E-state index contributed by atoms with van der Waals surface area (Å²) in [5, 5.41) is 0.742. The van der Waals surface area contributed by atoms with Crippen molar-refractivity contribution in [3.63, 3.8) is 0 Å². The lowest BCUT2D eigenvalue weighted by Gasteiger charge is -2.21. The molecule has 1 aliphatic carbocycles. The van der Waals surface area contributed by atoms with Gasteiger partial charge in [0, 0.05) is 5.02 Å². The molecular formula is C18H25ClO3. The average Bonchev–Trinajstić information content (AvgIpc) is 3.24. The van der Waals surface area contributed by atoms with Gasteiger partial charge in [-0.2, -0.15) is 0 Å². The lowest BCUT2D eigenvalue weighted by Crippen LogP contribution is -2.07. The molecule has 1 fully saturated rings. The maximum atomic E-state index is 11.6. The molecule has 22 heavy (non-hydrogen) atoms. The number of hydrogen-bond donors (Lipinski definition) is 0. The van der Waals surface area contributed by atoms with Crippen LogP contribution < -0.4 is 4.74 Å². The Bertz CT molecular complexity index is 554. The second kappa shape index (κ2) is 6.91. The second-order valence-electron chi connectivity index (χ2n) is 6.53. The molecule has 4 heteroatoms. The first kappa shape index (κ1) is 17.1. The van der Waals surface area contributed by atoms with Gasteiger partial charge < -0.3 is 9.47 Å². The number of methoxy groups -OCH3 is 2. The van der Waals surface area contributed by atoms with Crippen LogP contribution in [0, 0.1) is 11.8 Å². The molecule has 0 bridgehead atoms. The average molecular weight is 325 g/mol. The summed E-state index contributed by atoms with van der Waals surface area (Å²) >= 11 is 6.29. The lowest BCUT2D eigenvalue weighted by atomic mass is 9.89. The minimum Gasteiger partial charge on any atom is -0.496 e. The molecule has 1 aromatic carbocycles. The molecule has 0 spiro atoms. The monoisotopic (exact) mass is 324 g/mol. The molecule has 122 valence electrons. The molecule has 3 unspecified atom stereocenters. The van der Waals surface area contributed by atoms with Crippen molar-refractivity contribution in [2.45, 2.75) is 45.4 Å². The van der Waals surface area contributed by atoms with E-state index in [-0.39, 0.29) is 11.9 Å². The van der Waals surface area contributed by atoms with Gasteiger partial charge in [0.25, 0.3) is 0 Å². The van der Waals surface area contributed by atoms with Gasteiger partial charge in [-0.15, -0.1) is 0 Å². The van der Waals surface area contributed by atoms with Crippen LogP contribution in [0.1, 0.15) is 56.6 Å². The Morgan fingerprint density at radius 1 is 1.27 bits per heavy atom. The SMILES string of the molecule is COC(=O)C1CC1CC(C)c1cc(Cl)cc(C(C)C)c1OC. The molecule has 2 rings (SSSR count). The summed E-state index contributed by atoms with van der Waals surface area (Å²) in [6.45, 7) is 6.44. The third kappa shape index (κ3) is 3.57. The van der Waals surface area contributed by atoms with Gasteiger partial charge in [0.15, 0.2) is 0 Å². The van der Waals surface area contributed by atoms with E-state index in [1.165, 1.54) is 7.11 Å². The van der Waals surface area contributed by atoms with Crippen molar-refractivity contribution in [2.24, 2.45) is 11.8 Å². The fraction of sp³-hybridized carbons (Fsp3) is 0.611. The first-order valence-electron chi connectivity index (χ1n) is 7.84. The quantitative estimate of drug-likeness (QED) is 0.707. The number of ether oxygens (including phenoxy) is 2. The van der Waals surface area contributed by atoms with E-state index < -0.39 is 0 Å². The highest BCUT2D eigenvalue weighted by Gasteiger charge is 2.44. The van der Waals surface area contributed by atoms with E-state index >= 15 is 0 Å². The summed E-state index contributed by atoms with van der Waals surface area (Å²) in [6, 6.07) is 3.97. The summed E-state index contributed by atoms with van der Waals surface area (Å²) in [5.41, 5.74) is 2.27. The Kier molecular flexibility index (Phi) is 5.38. The largest absolute Gasteiger partial charge is 0.496 e. The highest BCUT2D eigenvalue weighted by molar-refractivity contribution is 6.30. The number of carbonyl (C=O) groups is 1. The molecule has 0 aliphatic heterocycles. The number of hydrogen-bond acceptors (Lipinski definition) is 3. The smallest absolute Gasteiger partial charge is 0.308 e. The summed E-state index contributed by atoms with van der Waals surface area (Å²) in [7, 11) is 3.16. The fourth-order valence-electron chi connectivity index (χ4n) is 3.20. The minimum atomic E-state index is -0.0851. The van der Waals surface area contributed by atoms with Gasteiger partial charge in [0.1, 0.15) is 5.75 Å². The van der Waals surface area contributed by atoms with Crippen LogP contribution in [0.3, 0.4) is 0 Å². The zero-order chi connectivity index (χ0) is 16.4. The van der Waals surface area contributed by atoms with E-state index in [0.29, 0.717) is 17.8 Å². The van der Waals surface area contributed by atoms with Crippen LogP contribution >= 0.6 is 11.6 Å². The predicted octanol–water partition coefficient (Wildman–Crippen LogP) is 4.77. The molecule has 1 aromatic rings. The van der Waals surface area contributed by atoms with E-state index in [2.05, 4.69) is 20.8 Å². The van der Waals surface area contributed by atoms with E-state index in [1.54, 1.807) is 7.11 Å². The second-order valence-corrected chi connectivity index (χ2v) is 6.97. The standard InChI is InChI=1S/C18H25ClO3/c1-10(2)14-8-13(19)9-15(17(14)21-4)11(3)6-12-7-16(12)18(20)22-5/h8-12,16H,6-7H2,1-5H3. The van der Waals surface area contributed by atoms with Crippen molar-refractivity contribution >= 4 is 17.6 Å². The molecule has 1 saturated carbocycles. The zero-order valence-electron chi connectivity index (χ0n) is 14.0. The van der Waals surface area contributed by atoms with Crippen LogP contribution in [0.15, 0.2) is 12.1 Å². The van der Waals surface area contributed by atoms with Crippen LogP contribution in [-0.2, 0) is 9.53 Å². The Morgan fingerprint density at radius 3 is 2.45 bits per heavy atom. The Labute approximate surface area is 137 Å². The number of esters is 1. The highest BCUT2D eigenvalue weighted by atomic mass is 35.5. The summed E-state index contributed by atoms with van der Waals surface area (Å²) < 4.78 is 10.5. The van der Waals surface area contributed by atoms with E-state index in [4.69, 9.17) is 21.1 Å². The number of halogens is 1. The maximum Gasteiger partial charge on any atom is 0.308 e. The molecule has 3 nitrogen and oxygen atoms in total. The van der Waals surface area contributed by atoms with Gasteiger partial charge in [0.2, 0.25) is 0 Å². The number of benzene rings is 1. The third-order valence-corrected chi connectivity index (χ3v) is 4.77. The maximum absolute atomic E-state index is 11.6. The van der Waals surface area contributed by atoms with Gasteiger partial charge in [-0.05, 0) is 53.9 Å². The molecule has 0 saturated heterocycles. The first-order chi connectivity index (χ1) is 10.4. The van der Waals surface area contributed by atoms with Crippen LogP contribution in [0.2, 0.25) is 5.02 Å². The van der Waals surface area contributed by atoms with Gasteiger partial charge in [0.05, 0.1) is 20.1 Å². The highest BCUT2D eigenvalue weighted by Crippen LogP contribution is 2.47. The topological polar surface area (TPSA) is 35.5 Å². The molecule has 3 atom stereocenters. The van der Waals surface area contributed by atoms with E-state index in [1.807, 2.05) is 12.1 Å². The number of carbonyl (C=O) groups excluding carboxylic acids is 1. The number of rotatable bonds is 6. The Morgan fingerprint density at radius 2 is 1.91 bits per heavy atom. The van der Waals surface area contributed by atoms with E-state index in [9.17, 15) is 4.79 Å². The molecule has 0 amide bonds. The Balaban J connectivity index is 2.19. The van der Waals surface area contributed by atoms with Gasteiger partial charge >= 0.3 is 5.97 Å². The summed E-state index contributed by atoms with van der Waals surface area (Å²) in [5.74, 6) is 1.98. The molecule has 0 aromatic heterocycles. The van der Waals surface area contributed by atoms with Crippen LogP contribution in [0.5, 0.6) is 5.75 Å². The molecule has 1 aliphatic rings. The normalized spacial score (nSPS) is 21.6. The summed E-state index contributed by atoms with van der Waals surface area (Å²) in [4.78, 5) is 11.6.